The maximum atomic E-state index is 11.9. The predicted molar refractivity (Wildman–Crippen MR) is 70.3 cm³/mol. The van der Waals surface area contributed by atoms with Gasteiger partial charge in [-0.15, -0.1) is 0 Å². The third-order valence-electron chi connectivity index (χ3n) is 3.25. The van der Waals surface area contributed by atoms with Crippen molar-refractivity contribution in [2.45, 2.75) is 46.1 Å². The molecule has 0 bridgehead atoms. The Kier molecular flexibility index (Phi) is 5.36. The number of Topliss-reactive ketones (excluding diaryl/α,β-unsaturated/α-hetero) is 1. The minimum Gasteiger partial charge on any atom is -0.382 e. The Morgan fingerprint density at radius 2 is 1.88 bits per heavy atom. The summed E-state index contributed by atoms with van der Waals surface area (Å²) in [5, 5.41) is 0. The number of hydrogen-bond donors (Lipinski definition) is 0. The van der Waals surface area contributed by atoms with Crippen LogP contribution in [0.1, 0.15) is 36.5 Å². The van der Waals surface area contributed by atoms with Crippen LogP contribution >= 0.6 is 0 Å². The lowest BCUT2D eigenvalue weighted by molar-refractivity contribution is -0.119. The molecule has 0 heterocycles. The lowest BCUT2D eigenvalue weighted by Crippen LogP contribution is -2.11. The molecule has 0 aliphatic heterocycles. The number of ketones is 1. The summed E-state index contributed by atoms with van der Waals surface area (Å²) in [6.45, 7) is 6.12. The summed E-state index contributed by atoms with van der Waals surface area (Å²) in [5.41, 5.74) is 3.60. The van der Waals surface area contributed by atoms with E-state index in [0.717, 1.165) is 6.42 Å². The van der Waals surface area contributed by atoms with Gasteiger partial charge < -0.3 is 4.74 Å². The molecule has 0 N–H and O–H groups in total. The second kappa shape index (κ2) is 6.55. The van der Waals surface area contributed by atoms with Gasteiger partial charge in [0.1, 0.15) is 5.78 Å². The van der Waals surface area contributed by atoms with E-state index in [1.165, 1.54) is 16.7 Å². The summed E-state index contributed by atoms with van der Waals surface area (Å²) in [7, 11) is 1.68. The molecule has 0 radical (unpaired) electrons. The van der Waals surface area contributed by atoms with Crippen LogP contribution in [0, 0.1) is 13.8 Å². The number of benzene rings is 1. The Morgan fingerprint density at radius 3 is 2.41 bits per heavy atom. The molecular weight excluding hydrogens is 212 g/mol. The van der Waals surface area contributed by atoms with Gasteiger partial charge in [0.2, 0.25) is 0 Å². The molecule has 0 amide bonds. The topological polar surface area (TPSA) is 26.3 Å². The van der Waals surface area contributed by atoms with Crippen molar-refractivity contribution >= 4 is 5.78 Å². The Balaban J connectivity index is 2.56. The number of methoxy groups -OCH3 is 1. The molecule has 1 unspecified atom stereocenters. The van der Waals surface area contributed by atoms with Crippen LogP contribution in [0.4, 0.5) is 0 Å². The van der Waals surface area contributed by atoms with E-state index < -0.39 is 0 Å². The van der Waals surface area contributed by atoms with Crippen LogP contribution in [-0.4, -0.2) is 19.0 Å². The predicted octanol–water partition coefficient (Wildman–Crippen LogP) is 3.23. The van der Waals surface area contributed by atoms with Gasteiger partial charge in [0.25, 0.3) is 0 Å². The van der Waals surface area contributed by atoms with Gasteiger partial charge in [-0.3, -0.25) is 4.79 Å². The van der Waals surface area contributed by atoms with E-state index >= 15 is 0 Å². The first-order valence-electron chi connectivity index (χ1n) is 6.14. The van der Waals surface area contributed by atoms with Crippen molar-refractivity contribution in [2.24, 2.45) is 0 Å². The molecule has 0 spiro atoms. The van der Waals surface area contributed by atoms with Crippen molar-refractivity contribution in [3.8, 4) is 0 Å². The largest absolute Gasteiger partial charge is 0.382 e. The molecule has 1 atom stereocenters. The van der Waals surface area contributed by atoms with Gasteiger partial charge in [0, 0.05) is 20.0 Å². The molecule has 0 saturated heterocycles. The van der Waals surface area contributed by atoms with Crippen LogP contribution in [0.2, 0.25) is 0 Å². The number of aryl methyl sites for hydroxylation is 2. The van der Waals surface area contributed by atoms with E-state index in [-0.39, 0.29) is 6.10 Å². The van der Waals surface area contributed by atoms with Crippen LogP contribution in [0.5, 0.6) is 0 Å². The van der Waals surface area contributed by atoms with Gasteiger partial charge in [-0.05, 0) is 43.9 Å². The normalized spacial score (nSPS) is 12.5. The standard InChI is InChI=1S/C15H22O2/c1-11-6-5-7-12(2)15(11)10-14(16)9-8-13(3)17-4/h5-7,13H,8-10H2,1-4H3. The van der Waals surface area contributed by atoms with Crippen molar-refractivity contribution in [3.63, 3.8) is 0 Å². The summed E-state index contributed by atoms with van der Waals surface area (Å²) in [5.74, 6) is 0.297. The fourth-order valence-corrected chi connectivity index (χ4v) is 1.90. The van der Waals surface area contributed by atoms with Crippen LogP contribution in [0.3, 0.4) is 0 Å². The molecule has 0 aromatic heterocycles. The monoisotopic (exact) mass is 234 g/mol. The van der Waals surface area contributed by atoms with Gasteiger partial charge in [0.05, 0.1) is 6.10 Å². The molecule has 0 aliphatic carbocycles. The second-order valence-electron chi connectivity index (χ2n) is 4.67. The highest BCUT2D eigenvalue weighted by molar-refractivity contribution is 5.81. The smallest absolute Gasteiger partial charge is 0.137 e. The van der Waals surface area contributed by atoms with Crippen LogP contribution < -0.4 is 0 Å². The number of carbonyl (C=O) groups is 1. The summed E-state index contributed by atoms with van der Waals surface area (Å²) in [4.78, 5) is 11.9. The molecular formula is C15H22O2. The van der Waals surface area contributed by atoms with Crippen molar-refractivity contribution in [1.82, 2.24) is 0 Å². The molecule has 1 rings (SSSR count). The molecule has 94 valence electrons. The number of ether oxygens (including phenoxy) is 1. The minimum absolute atomic E-state index is 0.164. The first-order chi connectivity index (χ1) is 8.04. The van der Waals surface area contributed by atoms with Gasteiger partial charge in [-0.1, -0.05) is 18.2 Å². The third-order valence-corrected chi connectivity index (χ3v) is 3.25. The van der Waals surface area contributed by atoms with Crippen LogP contribution in [-0.2, 0) is 16.0 Å². The summed E-state index contributed by atoms with van der Waals surface area (Å²) < 4.78 is 5.15. The van der Waals surface area contributed by atoms with Gasteiger partial charge in [0.15, 0.2) is 0 Å². The van der Waals surface area contributed by atoms with Gasteiger partial charge in [-0.2, -0.15) is 0 Å². The Morgan fingerprint density at radius 1 is 1.29 bits per heavy atom. The summed E-state index contributed by atoms with van der Waals surface area (Å²) in [6.07, 6.45) is 2.12. The van der Waals surface area contributed by atoms with Crippen molar-refractivity contribution in [2.75, 3.05) is 7.11 Å². The quantitative estimate of drug-likeness (QED) is 0.755. The zero-order valence-electron chi connectivity index (χ0n) is 11.2. The van der Waals surface area contributed by atoms with E-state index in [4.69, 9.17) is 4.74 Å². The lowest BCUT2D eigenvalue weighted by atomic mass is 9.96. The zero-order chi connectivity index (χ0) is 12.8. The molecule has 1 aromatic rings. The molecule has 0 aliphatic rings. The van der Waals surface area contributed by atoms with E-state index in [0.29, 0.717) is 18.6 Å². The molecule has 2 nitrogen and oxygen atoms in total. The van der Waals surface area contributed by atoms with Crippen LogP contribution in [0.15, 0.2) is 18.2 Å². The van der Waals surface area contributed by atoms with Gasteiger partial charge in [-0.25, -0.2) is 0 Å². The number of carbonyl (C=O) groups excluding carboxylic acids is 1. The first-order valence-corrected chi connectivity index (χ1v) is 6.14. The maximum Gasteiger partial charge on any atom is 0.137 e. The fourth-order valence-electron chi connectivity index (χ4n) is 1.90. The van der Waals surface area contributed by atoms with E-state index in [9.17, 15) is 4.79 Å². The number of hydrogen-bond acceptors (Lipinski definition) is 2. The molecule has 17 heavy (non-hydrogen) atoms. The molecule has 0 saturated carbocycles. The van der Waals surface area contributed by atoms with E-state index in [2.05, 4.69) is 26.0 Å². The van der Waals surface area contributed by atoms with Crippen molar-refractivity contribution in [1.29, 1.82) is 0 Å². The van der Waals surface area contributed by atoms with Gasteiger partial charge >= 0.3 is 0 Å². The fraction of sp³-hybridized carbons (Fsp3) is 0.533. The lowest BCUT2D eigenvalue weighted by Gasteiger charge is -2.11. The minimum atomic E-state index is 0.164. The van der Waals surface area contributed by atoms with Crippen molar-refractivity contribution < 1.29 is 9.53 Å². The molecule has 2 heteroatoms. The third kappa shape index (κ3) is 4.31. The zero-order valence-corrected chi connectivity index (χ0v) is 11.2. The molecule has 1 aromatic carbocycles. The average molecular weight is 234 g/mol. The highest BCUT2D eigenvalue weighted by atomic mass is 16.5. The highest BCUT2D eigenvalue weighted by Gasteiger charge is 2.10. The van der Waals surface area contributed by atoms with E-state index in [1.807, 2.05) is 13.0 Å². The Labute approximate surface area is 104 Å². The maximum absolute atomic E-state index is 11.9. The second-order valence-corrected chi connectivity index (χ2v) is 4.67. The average Bonchev–Trinajstić information content (AvgIpc) is 2.31. The first kappa shape index (κ1) is 13.9. The molecule has 0 fully saturated rings. The Hall–Kier alpha value is -1.15. The highest BCUT2D eigenvalue weighted by Crippen LogP contribution is 2.15. The Bertz CT molecular complexity index is 362. The number of rotatable bonds is 6. The van der Waals surface area contributed by atoms with E-state index in [1.54, 1.807) is 7.11 Å². The van der Waals surface area contributed by atoms with Crippen molar-refractivity contribution in [3.05, 3.63) is 34.9 Å². The van der Waals surface area contributed by atoms with Crippen LogP contribution in [0.25, 0.3) is 0 Å². The SMILES string of the molecule is COC(C)CCC(=O)Cc1c(C)cccc1C. The summed E-state index contributed by atoms with van der Waals surface area (Å²) >= 11 is 0. The summed E-state index contributed by atoms with van der Waals surface area (Å²) in [6, 6.07) is 6.16.